The first-order chi connectivity index (χ1) is 8.22. The molecule has 0 spiro atoms. The Balaban J connectivity index is 2.12. The van der Waals surface area contributed by atoms with Gasteiger partial charge in [0.2, 0.25) is 12.4 Å². The van der Waals surface area contributed by atoms with Crippen molar-refractivity contribution >= 4 is 11.6 Å². The first kappa shape index (κ1) is 10.2. The quantitative estimate of drug-likeness (QED) is 0.790. The highest BCUT2D eigenvalue weighted by atomic mass is 35.5. The molecular formula is C12H8ClNO3. The first-order valence-electron chi connectivity index (χ1n) is 5.02. The van der Waals surface area contributed by atoms with E-state index in [0.717, 1.165) is 11.1 Å². The average molecular weight is 250 g/mol. The van der Waals surface area contributed by atoms with Gasteiger partial charge in [0.05, 0.1) is 0 Å². The Hall–Kier alpha value is -1.94. The zero-order valence-corrected chi connectivity index (χ0v) is 9.45. The molecule has 0 atom stereocenters. The molecule has 0 saturated heterocycles. The lowest BCUT2D eigenvalue weighted by Gasteiger charge is -2.03. The Morgan fingerprint density at radius 3 is 2.71 bits per heavy atom. The summed E-state index contributed by atoms with van der Waals surface area (Å²) in [5.41, 5.74) is 1.38. The van der Waals surface area contributed by atoms with Crippen molar-refractivity contribution in [1.29, 1.82) is 0 Å². The lowest BCUT2D eigenvalue weighted by molar-refractivity contribution is 0.174. The van der Waals surface area contributed by atoms with Crippen LogP contribution in [0, 0.1) is 0 Å². The molecule has 1 aromatic heterocycles. The van der Waals surface area contributed by atoms with Gasteiger partial charge >= 0.3 is 0 Å². The van der Waals surface area contributed by atoms with Crippen molar-refractivity contribution in [2.75, 3.05) is 6.79 Å². The number of H-pyrrole nitrogens is 1. The van der Waals surface area contributed by atoms with Gasteiger partial charge in [0.15, 0.2) is 11.5 Å². The molecule has 1 aromatic carbocycles. The van der Waals surface area contributed by atoms with Crippen LogP contribution in [0.2, 0.25) is 5.15 Å². The number of hydrogen-bond acceptors (Lipinski definition) is 3. The Labute approximate surface area is 102 Å². The number of fused-ring (bicyclic) bond motifs is 1. The van der Waals surface area contributed by atoms with Gasteiger partial charge in [-0.15, -0.1) is 0 Å². The monoisotopic (exact) mass is 249 g/mol. The molecule has 1 aliphatic heterocycles. The fourth-order valence-corrected chi connectivity index (χ4v) is 1.96. The van der Waals surface area contributed by atoms with Gasteiger partial charge in [0, 0.05) is 6.07 Å². The maximum Gasteiger partial charge on any atom is 0.249 e. The highest BCUT2D eigenvalue weighted by Crippen LogP contribution is 2.35. The van der Waals surface area contributed by atoms with E-state index in [1.54, 1.807) is 6.07 Å². The number of nitrogens with one attached hydrogen (secondary N) is 1. The fourth-order valence-electron chi connectivity index (χ4n) is 1.75. The normalized spacial score (nSPS) is 12.8. The number of ether oxygens (including phenoxy) is 2. The van der Waals surface area contributed by atoms with E-state index in [9.17, 15) is 4.79 Å². The number of hydrogen-bond donors (Lipinski definition) is 1. The minimum atomic E-state index is -0.231. The van der Waals surface area contributed by atoms with Crippen LogP contribution in [0.1, 0.15) is 0 Å². The molecule has 1 N–H and O–H groups in total. The Morgan fingerprint density at radius 1 is 1.06 bits per heavy atom. The molecule has 5 heteroatoms. The summed E-state index contributed by atoms with van der Waals surface area (Å²) < 4.78 is 10.5. The standard InChI is InChI=1S/C12H8ClNO3/c13-11-4-8(5-12(15)14-11)7-1-2-9-10(3-7)17-6-16-9/h1-5H,6H2,(H,14,15). The maximum absolute atomic E-state index is 11.3. The van der Waals surface area contributed by atoms with Crippen LogP contribution < -0.4 is 15.0 Å². The number of rotatable bonds is 1. The summed E-state index contributed by atoms with van der Waals surface area (Å²) in [6.45, 7) is 0.231. The van der Waals surface area contributed by atoms with Crippen molar-refractivity contribution in [3.05, 3.63) is 45.8 Å². The molecule has 0 amide bonds. The summed E-state index contributed by atoms with van der Waals surface area (Å²) in [4.78, 5) is 13.8. The van der Waals surface area contributed by atoms with Crippen molar-refractivity contribution < 1.29 is 9.47 Å². The number of halogens is 1. The van der Waals surface area contributed by atoms with E-state index < -0.39 is 0 Å². The fraction of sp³-hybridized carbons (Fsp3) is 0.0833. The lowest BCUT2D eigenvalue weighted by atomic mass is 10.1. The highest BCUT2D eigenvalue weighted by Gasteiger charge is 2.14. The van der Waals surface area contributed by atoms with Crippen LogP contribution in [0.5, 0.6) is 11.5 Å². The van der Waals surface area contributed by atoms with Crippen molar-refractivity contribution in [3.63, 3.8) is 0 Å². The van der Waals surface area contributed by atoms with E-state index >= 15 is 0 Å². The second-order valence-electron chi connectivity index (χ2n) is 3.65. The highest BCUT2D eigenvalue weighted by molar-refractivity contribution is 6.29. The topological polar surface area (TPSA) is 51.3 Å². The lowest BCUT2D eigenvalue weighted by Crippen LogP contribution is -2.03. The summed E-state index contributed by atoms with van der Waals surface area (Å²) in [5.74, 6) is 1.39. The van der Waals surface area contributed by atoms with E-state index in [-0.39, 0.29) is 12.4 Å². The molecule has 1 aliphatic rings. The van der Waals surface area contributed by atoms with E-state index in [0.29, 0.717) is 16.7 Å². The molecule has 2 heterocycles. The third kappa shape index (κ3) is 1.87. The molecule has 0 unspecified atom stereocenters. The Bertz CT molecular complexity index is 636. The van der Waals surface area contributed by atoms with Crippen molar-refractivity contribution in [2.24, 2.45) is 0 Å². The third-order valence-corrected chi connectivity index (χ3v) is 2.72. The number of benzene rings is 1. The number of pyridine rings is 1. The van der Waals surface area contributed by atoms with E-state index in [1.807, 2.05) is 18.2 Å². The maximum atomic E-state index is 11.3. The van der Waals surface area contributed by atoms with Gasteiger partial charge < -0.3 is 14.5 Å². The second-order valence-corrected chi connectivity index (χ2v) is 4.06. The molecule has 3 rings (SSSR count). The largest absolute Gasteiger partial charge is 0.454 e. The zero-order valence-electron chi connectivity index (χ0n) is 8.70. The van der Waals surface area contributed by atoms with Crippen LogP contribution in [0.15, 0.2) is 35.1 Å². The van der Waals surface area contributed by atoms with Gasteiger partial charge in [-0.25, -0.2) is 0 Å². The summed E-state index contributed by atoms with van der Waals surface area (Å²) in [5, 5.41) is 0.310. The third-order valence-electron chi connectivity index (χ3n) is 2.52. The van der Waals surface area contributed by atoms with Crippen LogP contribution in [0.25, 0.3) is 11.1 Å². The molecular weight excluding hydrogens is 242 g/mol. The van der Waals surface area contributed by atoms with Crippen molar-refractivity contribution in [1.82, 2.24) is 4.98 Å². The predicted molar refractivity (Wildman–Crippen MR) is 63.6 cm³/mol. The molecule has 17 heavy (non-hydrogen) atoms. The van der Waals surface area contributed by atoms with Gasteiger partial charge in [-0.1, -0.05) is 17.7 Å². The molecule has 0 saturated carbocycles. The van der Waals surface area contributed by atoms with Gasteiger partial charge in [-0.2, -0.15) is 0 Å². The Morgan fingerprint density at radius 2 is 1.88 bits per heavy atom. The van der Waals surface area contributed by atoms with Crippen molar-refractivity contribution in [3.8, 4) is 22.6 Å². The Kier molecular flexibility index (Phi) is 2.30. The second kappa shape index (κ2) is 3.82. The predicted octanol–water partition coefficient (Wildman–Crippen LogP) is 2.42. The molecule has 0 aliphatic carbocycles. The van der Waals surface area contributed by atoms with Crippen LogP contribution in [0.3, 0.4) is 0 Å². The SMILES string of the molecule is O=c1cc(-c2ccc3c(c2)OCO3)cc(Cl)[nH]1. The molecule has 0 fully saturated rings. The summed E-state index contributed by atoms with van der Waals surface area (Å²) >= 11 is 5.81. The molecule has 86 valence electrons. The minimum Gasteiger partial charge on any atom is -0.454 e. The average Bonchev–Trinajstić information content (AvgIpc) is 2.74. The smallest absolute Gasteiger partial charge is 0.249 e. The van der Waals surface area contributed by atoms with Crippen LogP contribution in [0.4, 0.5) is 0 Å². The van der Waals surface area contributed by atoms with Gasteiger partial charge in [0.1, 0.15) is 5.15 Å². The van der Waals surface area contributed by atoms with Crippen LogP contribution in [-0.4, -0.2) is 11.8 Å². The van der Waals surface area contributed by atoms with Gasteiger partial charge in [-0.3, -0.25) is 4.79 Å². The zero-order chi connectivity index (χ0) is 11.8. The molecule has 0 radical (unpaired) electrons. The van der Waals surface area contributed by atoms with Gasteiger partial charge in [-0.05, 0) is 29.3 Å². The number of aromatic amines is 1. The minimum absolute atomic E-state index is 0.231. The molecule has 4 nitrogen and oxygen atoms in total. The molecule has 2 aromatic rings. The summed E-state index contributed by atoms with van der Waals surface area (Å²) in [7, 11) is 0. The van der Waals surface area contributed by atoms with E-state index in [1.165, 1.54) is 6.07 Å². The summed E-state index contributed by atoms with van der Waals surface area (Å²) in [6, 6.07) is 8.68. The summed E-state index contributed by atoms with van der Waals surface area (Å²) in [6.07, 6.45) is 0. The van der Waals surface area contributed by atoms with Crippen LogP contribution >= 0.6 is 11.6 Å². The van der Waals surface area contributed by atoms with Crippen molar-refractivity contribution in [2.45, 2.75) is 0 Å². The van der Waals surface area contributed by atoms with E-state index in [4.69, 9.17) is 21.1 Å². The van der Waals surface area contributed by atoms with Gasteiger partial charge in [0.25, 0.3) is 0 Å². The number of aromatic nitrogens is 1. The first-order valence-corrected chi connectivity index (χ1v) is 5.40. The molecule has 0 bridgehead atoms. The van der Waals surface area contributed by atoms with E-state index in [2.05, 4.69) is 4.98 Å². The van der Waals surface area contributed by atoms with Crippen LogP contribution in [-0.2, 0) is 0 Å².